The van der Waals surface area contributed by atoms with Gasteiger partial charge in [0.25, 0.3) is 0 Å². The molecule has 0 unspecified atom stereocenters. The van der Waals surface area contributed by atoms with Crippen LogP contribution in [0.15, 0.2) is 0 Å². The van der Waals surface area contributed by atoms with Gasteiger partial charge in [-0.25, -0.2) is 12.7 Å². The van der Waals surface area contributed by atoms with Gasteiger partial charge in [-0.15, -0.1) is 0 Å². The SMILES string of the molecule is C.CCN(CC)S(C)(=O)=O. The predicted octanol–water partition coefficient (Wildman–Crippen LogP) is 0.924. The van der Waals surface area contributed by atoms with Crippen molar-refractivity contribution in [1.82, 2.24) is 4.31 Å². The highest BCUT2D eigenvalue weighted by atomic mass is 32.2. The Hall–Kier alpha value is -0.0900. The maximum atomic E-state index is 10.7. The van der Waals surface area contributed by atoms with Gasteiger partial charge in [-0.2, -0.15) is 0 Å². The third kappa shape index (κ3) is 3.85. The van der Waals surface area contributed by atoms with Crippen LogP contribution in [0.4, 0.5) is 0 Å². The van der Waals surface area contributed by atoms with E-state index in [1.807, 2.05) is 13.8 Å². The molecule has 0 aliphatic carbocycles. The van der Waals surface area contributed by atoms with Crippen LogP contribution in [0.1, 0.15) is 21.3 Å². The lowest BCUT2D eigenvalue weighted by Crippen LogP contribution is -2.29. The Morgan fingerprint density at radius 2 is 1.50 bits per heavy atom. The number of hydrogen-bond donors (Lipinski definition) is 0. The second-order valence-corrected chi connectivity index (χ2v) is 3.83. The van der Waals surface area contributed by atoms with E-state index in [0.717, 1.165) is 0 Å². The minimum absolute atomic E-state index is 0. The van der Waals surface area contributed by atoms with Crippen LogP contribution in [0.5, 0.6) is 0 Å². The summed E-state index contributed by atoms with van der Waals surface area (Å²) in [6.45, 7) is 4.78. The monoisotopic (exact) mass is 167 g/mol. The molecular formula is C6H17NO2S. The highest BCUT2D eigenvalue weighted by Crippen LogP contribution is 1.93. The Bertz CT molecular complexity index is 159. The zero-order valence-corrected chi connectivity index (χ0v) is 6.90. The molecule has 64 valence electrons. The summed E-state index contributed by atoms with van der Waals surface area (Å²) >= 11 is 0. The van der Waals surface area contributed by atoms with Crippen molar-refractivity contribution in [3.05, 3.63) is 0 Å². The number of nitrogens with zero attached hydrogens (tertiary/aromatic N) is 1. The lowest BCUT2D eigenvalue weighted by Gasteiger charge is -2.13. The smallest absolute Gasteiger partial charge is 0.211 e. The Kier molecular flexibility index (Phi) is 5.89. The molecule has 0 aromatic rings. The van der Waals surface area contributed by atoms with E-state index in [1.165, 1.54) is 10.6 Å². The normalized spacial score (nSPS) is 11.2. The van der Waals surface area contributed by atoms with Crippen LogP contribution in [0, 0.1) is 0 Å². The first-order chi connectivity index (χ1) is 4.02. The number of rotatable bonds is 3. The minimum atomic E-state index is -2.93. The molecule has 0 rings (SSSR count). The first-order valence-electron chi connectivity index (χ1n) is 2.97. The first-order valence-corrected chi connectivity index (χ1v) is 4.82. The largest absolute Gasteiger partial charge is 0.213 e. The Labute approximate surface area is 64.1 Å². The van der Waals surface area contributed by atoms with Crippen LogP contribution in [0.25, 0.3) is 0 Å². The summed E-state index contributed by atoms with van der Waals surface area (Å²) in [4.78, 5) is 0. The Morgan fingerprint density at radius 1 is 1.20 bits per heavy atom. The van der Waals surface area contributed by atoms with E-state index < -0.39 is 10.0 Å². The van der Waals surface area contributed by atoms with Crippen LogP contribution >= 0.6 is 0 Å². The quantitative estimate of drug-likeness (QED) is 0.627. The lowest BCUT2D eigenvalue weighted by atomic mass is 10.7. The van der Waals surface area contributed by atoms with Gasteiger partial charge in [0, 0.05) is 13.1 Å². The van der Waals surface area contributed by atoms with Gasteiger partial charge in [-0.05, 0) is 0 Å². The van der Waals surface area contributed by atoms with Gasteiger partial charge in [0.2, 0.25) is 10.0 Å². The third-order valence-electron chi connectivity index (χ3n) is 1.17. The van der Waals surface area contributed by atoms with Gasteiger partial charge in [0.1, 0.15) is 0 Å². The van der Waals surface area contributed by atoms with Gasteiger partial charge in [-0.3, -0.25) is 0 Å². The molecule has 0 spiro atoms. The van der Waals surface area contributed by atoms with Crippen LogP contribution in [0.2, 0.25) is 0 Å². The predicted molar refractivity (Wildman–Crippen MR) is 44.5 cm³/mol. The van der Waals surface area contributed by atoms with Gasteiger partial charge >= 0.3 is 0 Å². The molecule has 0 bridgehead atoms. The summed E-state index contributed by atoms with van der Waals surface area (Å²) in [6.07, 6.45) is 1.22. The van der Waals surface area contributed by atoms with Crippen molar-refractivity contribution in [3.8, 4) is 0 Å². The lowest BCUT2D eigenvalue weighted by molar-refractivity contribution is 0.450. The molecular weight excluding hydrogens is 150 g/mol. The molecule has 4 heteroatoms. The average molecular weight is 167 g/mol. The van der Waals surface area contributed by atoms with Gasteiger partial charge in [-0.1, -0.05) is 21.3 Å². The topological polar surface area (TPSA) is 37.4 Å². The molecule has 3 nitrogen and oxygen atoms in total. The summed E-state index contributed by atoms with van der Waals surface area (Å²) in [5.74, 6) is 0. The van der Waals surface area contributed by atoms with Crippen molar-refractivity contribution in [2.45, 2.75) is 21.3 Å². The van der Waals surface area contributed by atoms with Crippen LogP contribution in [-0.4, -0.2) is 32.1 Å². The second-order valence-electron chi connectivity index (χ2n) is 1.85. The van der Waals surface area contributed by atoms with Gasteiger partial charge < -0.3 is 0 Å². The zero-order valence-electron chi connectivity index (χ0n) is 6.09. The van der Waals surface area contributed by atoms with Crippen LogP contribution in [-0.2, 0) is 10.0 Å². The molecule has 0 saturated heterocycles. The standard InChI is InChI=1S/C5H13NO2S.CH4/c1-4-6(5-2)9(3,7)8;/h4-5H2,1-3H3;1H4. The van der Waals surface area contributed by atoms with Crippen LogP contribution in [0.3, 0.4) is 0 Å². The van der Waals surface area contributed by atoms with E-state index in [-0.39, 0.29) is 7.43 Å². The molecule has 0 fully saturated rings. The fraction of sp³-hybridized carbons (Fsp3) is 1.00. The van der Waals surface area contributed by atoms with Crippen molar-refractivity contribution in [2.24, 2.45) is 0 Å². The molecule has 0 aromatic heterocycles. The molecule has 0 atom stereocenters. The van der Waals surface area contributed by atoms with Crippen molar-refractivity contribution in [3.63, 3.8) is 0 Å². The molecule has 0 radical (unpaired) electrons. The van der Waals surface area contributed by atoms with E-state index in [1.54, 1.807) is 0 Å². The van der Waals surface area contributed by atoms with E-state index in [2.05, 4.69) is 0 Å². The molecule has 0 aliphatic heterocycles. The maximum absolute atomic E-state index is 10.7. The van der Waals surface area contributed by atoms with E-state index in [9.17, 15) is 8.42 Å². The summed E-state index contributed by atoms with van der Waals surface area (Å²) in [6, 6.07) is 0. The van der Waals surface area contributed by atoms with E-state index in [0.29, 0.717) is 13.1 Å². The zero-order chi connectivity index (χ0) is 7.49. The average Bonchev–Trinajstić information content (AvgIpc) is 1.65. The Morgan fingerprint density at radius 3 is 1.50 bits per heavy atom. The van der Waals surface area contributed by atoms with Crippen LogP contribution < -0.4 is 0 Å². The molecule has 10 heavy (non-hydrogen) atoms. The van der Waals surface area contributed by atoms with Gasteiger partial charge in [0.15, 0.2) is 0 Å². The summed E-state index contributed by atoms with van der Waals surface area (Å²) < 4.78 is 22.8. The first kappa shape index (κ1) is 12.6. The fourth-order valence-corrected chi connectivity index (χ4v) is 1.63. The van der Waals surface area contributed by atoms with Crippen molar-refractivity contribution >= 4 is 10.0 Å². The summed E-state index contributed by atoms with van der Waals surface area (Å²) in [5.41, 5.74) is 0. The maximum Gasteiger partial charge on any atom is 0.211 e. The summed E-state index contributed by atoms with van der Waals surface area (Å²) in [7, 11) is -2.93. The highest BCUT2D eigenvalue weighted by molar-refractivity contribution is 7.88. The number of sulfonamides is 1. The highest BCUT2D eigenvalue weighted by Gasteiger charge is 2.09. The third-order valence-corrected chi connectivity index (χ3v) is 2.63. The molecule has 0 aliphatic rings. The molecule has 0 heterocycles. The van der Waals surface area contributed by atoms with Crippen molar-refractivity contribution in [1.29, 1.82) is 0 Å². The van der Waals surface area contributed by atoms with Crippen molar-refractivity contribution < 1.29 is 8.42 Å². The molecule has 0 amide bonds. The fourth-order valence-electron chi connectivity index (χ4n) is 0.693. The summed E-state index contributed by atoms with van der Waals surface area (Å²) in [5, 5.41) is 0. The second kappa shape index (κ2) is 4.68. The number of hydrogen-bond acceptors (Lipinski definition) is 2. The van der Waals surface area contributed by atoms with Gasteiger partial charge in [0.05, 0.1) is 6.26 Å². The van der Waals surface area contributed by atoms with E-state index >= 15 is 0 Å². The molecule has 0 saturated carbocycles. The Balaban J connectivity index is 0. The molecule has 0 N–H and O–H groups in total. The minimum Gasteiger partial charge on any atom is -0.213 e. The van der Waals surface area contributed by atoms with E-state index in [4.69, 9.17) is 0 Å². The van der Waals surface area contributed by atoms with Crippen molar-refractivity contribution in [2.75, 3.05) is 19.3 Å². The molecule has 0 aromatic carbocycles.